The molecule has 0 atom stereocenters. The van der Waals surface area contributed by atoms with Crippen molar-refractivity contribution < 1.29 is 10.2 Å². The predicted octanol–water partition coefficient (Wildman–Crippen LogP) is -1.02. The van der Waals surface area contributed by atoms with Crippen molar-refractivity contribution in [1.29, 1.82) is 0 Å². The maximum Gasteiger partial charge on any atom is 0.131 e. The number of aliphatic hydroxyl groups excluding tert-OH is 2. The molecule has 0 aromatic carbocycles. The van der Waals surface area contributed by atoms with Crippen LogP contribution >= 0.6 is 0 Å². The fraction of sp³-hybridized carbons (Fsp3) is 0.700. The van der Waals surface area contributed by atoms with Gasteiger partial charge in [-0.1, -0.05) is 0 Å². The van der Waals surface area contributed by atoms with Crippen molar-refractivity contribution in [2.75, 3.05) is 31.2 Å². The summed E-state index contributed by atoms with van der Waals surface area (Å²) in [5.41, 5.74) is 7.54. The molecule has 16 heavy (non-hydrogen) atoms. The lowest BCUT2D eigenvalue weighted by atomic mass is 10.2. The van der Waals surface area contributed by atoms with Crippen molar-refractivity contribution >= 4 is 5.82 Å². The van der Waals surface area contributed by atoms with Crippen LogP contribution < -0.4 is 10.6 Å². The van der Waals surface area contributed by atoms with E-state index in [1.54, 1.807) is 4.68 Å². The molecule has 0 saturated heterocycles. The number of rotatable bonds is 6. The highest BCUT2D eigenvalue weighted by molar-refractivity contribution is 5.50. The average Bonchev–Trinajstić information content (AvgIpc) is 2.52. The third kappa shape index (κ3) is 2.52. The molecule has 6 heteroatoms. The van der Waals surface area contributed by atoms with E-state index in [1.165, 1.54) is 0 Å². The first kappa shape index (κ1) is 13.0. The Bertz CT molecular complexity index is 332. The van der Waals surface area contributed by atoms with E-state index in [0.29, 0.717) is 19.6 Å². The quantitative estimate of drug-likeness (QED) is 0.580. The summed E-state index contributed by atoms with van der Waals surface area (Å²) in [5, 5.41) is 22.3. The highest BCUT2D eigenvalue weighted by atomic mass is 16.3. The highest BCUT2D eigenvalue weighted by Crippen LogP contribution is 2.22. The number of nitrogens with zero attached hydrogens (tertiary/aromatic N) is 3. The lowest BCUT2D eigenvalue weighted by Crippen LogP contribution is -2.32. The van der Waals surface area contributed by atoms with Crippen LogP contribution in [0.15, 0.2) is 0 Å². The fourth-order valence-electron chi connectivity index (χ4n) is 1.89. The number of aryl methyl sites for hydroxylation is 2. The van der Waals surface area contributed by atoms with Gasteiger partial charge in [-0.3, -0.25) is 4.68 Å². The predicted molar refractivity (Wildman–Crippen MR) is 62.2 cm³/mol. The van der Waals surface area contributed by atoms with Crippen LogP contribution in [0.5, 0.6) is 0 Å². The summed E-state index contributed by atoms with van der Waals surface area (Å²) >= 11 is 0. The lowest BCUT2D eigenvalue weighted by Gasteiger charge is -2.24. The van der Waals surface area contributed by atoms with Gasteiger partial charge in [0.25, 0.3) is 0 Å². The van der Waals surface area contributed by atoms with E-state index < -0.39 is 0 Å². The largest absolute Gasteiger partial charge is 0.395 e. The van der Waals surface area contributed by atoms with Gasteiger partial charge in [0.15, 0.2) is 0 Å². The highest BCUT2D eigenvalue weighted by Gasteiger charge is 2.17. The van der Waals surface area contributed by atoms with Gasteiger partial charge in [0.1, 0.15) is 5.82 Å². The molecule has 1 aromatic heterocycles. The molecule has 0 fully saturated rings. The smallest absolute Gasteiger partial charge is 0.131 e. The van der Waals surface area contributed by atoms with E-state index in [4.69, 9.17) is 15.9 Å². The summed E-state index contributed by atoms with van der Waals surface area (Å²) in [7, 11) is 1.84. The minimum atomic E-state index is 0.0360. The Morgan fingerprint density at radius 3 is 2.31 bits per heavy atom. The summed E-state index contributed by atoms with van der Waals surface area (Å²) < 4.78 is 1.74. The Balaban J connectivity index is 3.06. The molecule has 0 spiro atoms. The van der Waals surface area contributed by atoms with E-state index in [0.717, 1.165) is 17.1 Å². The molecule has 0 saturated carbocycles. The van der Waals surface area contributed by atoms with E-state index in [-0.39, 0.29) is 13.2 Å². The molecule has 1 rings (SSSR count). The third-order valence-corrected chi connectivity index (χ3v) is 2.56. The number of hydrogen-bond donors (Lipinski definition) is 3. The van der Waals surface area contributed by atoms with Crippen LogP contribution in [-0.4, -0.2) is 46.3 Å². The van der Waals surface area contributed by atoms with Crippen LogP contribution in [0.3, 0.4) is 0 Å². The van der Waals surface area contributed by atoms with Gasteiger partial charge in [0.05, 0.1) is 18.9 Å². The summed E-state index contributed by atoms with van der Waals surface area (Å²) in [6, 6.07) is 0. The molecule has 0 aliphatic heterocycles. The van der Waals surface area contributed by atoms with Crippen LogP contribution in [0.1, 0.15) is 11.3 Å². The molecular weight excluding hydrogens is 208 g/mol. The zero-order valence-corrected chi connectivity index (χ0v) is 9.85. The molecule has 0 bridgehead atoms. The monoisotopic (exact) mass is 228 g/mol. The molecule has 6 nitrogen and oxygen atoms in total. The SMILES string of the molecule is Cc1nn(C)c(N(CCO)CCO)c1CN. The standard InChI is InChI=1S/C10H20N4O2/c1-8-9(7-11)10(13(2)12-8)14(3-5-15)4-6-16/h15-16H,3-7,11H2,1-2H3. The number of anilines is 1. The number of aliphatic hydroxyl groups is 2. The van der Waals surface area contributed by atoms with Gasteiger partial charge in [-0.25, -0.2) is 0 Å². The minimum Gasteiger partial charge on any atom is -0.395 e. The molecule has 1 heterocycles. The minimum absolute atomic E-state index is 0.0360. The van der Waals surface area contributed by atoms with Gasteiger partial charge in [0.2, 0.25) is 0 Å². The molecule has 0 aliphatic rings. The Hall–Kier alpha value is -1.11. The second kappa shape index (κ2) is 5.83. The average molecular weight is 228 g/mol. The van der Waals surface area contributed by atoms with E-state index in [2.05, 4.69) is 5.10 Å². The summed E-state index contributed by atoms with van der Waals surface area (Å²) in [5.74, 6) is 0.878. The summed E-state index contributed by atoms with van der Waals surface area (Å²) in [6.45, 7) is 3.31. The zero-order valence-electron chi connectivity index (χ0n) is 9.85. The van der Waals surface area contributed by atoms with E-state index in [9.17, 15) is 0 Å². The lowest BCUT2D eigenvalue weighted by molar-refractivity contribution is 0.280. The van der Waals surface area contributed by atoms with Crippen molar-refractivity contribution in [3.8, 4) is 0 Å². The first-order chi connectivity index (χ1) is 7.65. The van der Waals surface area contributed by atoms with Crippen molar-refractivity contribution in [3.05, 3.63) is 11.3 Å². The maximum atomic E-state index is 9.00. The Morgan fingerprint density at radius 2 is 1.88 bits per heavy atom. The topological polar surface area (TPSA) is 87.5 Å². The Morgan fingerprint density at radius 1 is 1.31 bits per heavy atom. The van der Waals surface area contributed by atoms with Gasteiger partial charge in [-0.15, -0.1) is 0 Å². The van der Waals surface area contributed by atoms with Crippen LogP contribution in [0.4, 0.5) is 5.82 Å². The van der Waals surface area contributed by atoms with Gasteiger partial charge < -0.3 is 20.8 Å². The first-order valence-corrected chi connectivity index (χ1v) is 5.34. The zero-order chi connectivity index (χ0) is 12.1. The van der Waals surface area contributed by atoms with Crippen molar-refractivity contribution in [2.24, 2.45) is 12.8 Å². The Kier molecular flexibility index (Phi) is 4.72. The number of nitrogens with two attached hydrogens (primary N) is 1. The van der Waals surface area contributed by atoms with Crippen molar-refractivity contribution in [1.82, 2.24) is 9.78 Å². The fourth-order valence-corrected chi connectivity index (χ4v) is 1.89. The van der Waals surface area contributed by atoms with Crippen LogP contribution in [0.25, 0.3) is 0 Å². The summed E-state index contributed by atoms with van der Waals surface area (Å²) in [4.78, 5) is 1.89. The van der Waals surface area contributed by atoms with Crippen LogP contribution in [0.2, 0.25) is 0 Å². The van der Waals surface area contributed by atoms with Gasteiger partial charge in [-0.05, 0) is 6.92 Å². The van der Waals surface area contributed by atoms with Gasteiger partial charge >= 0.3 is 0 Å². The van der Waals surface area contributed by atoms with Crippen LogP contribution in [0, 0.1) is 6.92 Å². The molecule has 4 N–H and O–H groups in total. The third-order valence-electron chi connectivity index (χ3n) is 2.56. The maximum absolute atomic E-state index is 9.00. The number of hydrogen-bond acceptors (Lipinski definition) is 5. The molecule has 92 valence electrons. The van der Waals surface area contributed by atoms with Gasteiger partial charge in [0, 0.05) is 32.2 Å². The normalized spacial score (nSPS) is 10.8. The molecule has 1 aromatic rings. The second-order valence-corrected chi connectivity index (χ2v) is 3.65. The summed E-state index contributed by atoms with van der Waals surface area (Å²) in [6.07, 6.45) is 0. The van der Waals surface area contributed by atoms with Gasteiger partial charge in [-0.2, -0.15) is 5.10 Å². The molecule has 0 aliphatic carbocycles. The number of aromatic nitrogens is 2. The second-order valence-electron chi connectivity index (χ2n) is 3.65. The molecule has 0 unspecified atom stereocenters. The molecular formula is C10H20N4O2. The first-order valence-electron chi connectivity index (χ1n) is 5.34. The van der Waals surface area contributed by atoms with E-state index >= 15 is 0 Å². The molecule has 0 radical (unpaired) electrons. The van der Waals surface area contributed by atoms with Crippen molar-refractivity contribution in [3.63, 3.8) is 0 Å². The Labute approximate surface area is 95.3 Å². The van der Waals surface area contributed by atoms with Crippen LogP contribution in [-0.2, 0) is 13.6 Å². The molecule has 0 amide bonds. The van der Waals surface area contributed by atoms with E-state index in [1.807, 2.05) is 18.9 Å². The van der Waals surface area contributed by atoms with Crippen molar-refractivity contribution in [2.45, 2.75) is 13.5 Å².